The van der Waals surface area contributed by atoms with E-state index in [-0.39, 0.29) is 11.2 Å². The van der Waals surface area contributed by atoms with E-state index in [1.807, 2.05) is 4.68 Å². The first-order valence-electron chi connectivity index (χ1n) is 12.9. The predicted molar refractivity (Wildman–Crippen MR) is 139 cm³/mol. The van der Waals surface area contributed by atoms with E-state index in [2.05, 4.69) is 78.4 Å². The molecule has 1 unspecified atom stereocenters. The number of Topliss-reactive ketones (excluding diaryl/α,β-unsaturated/α-hetero) is 1. The van der Waals surface area contributed by atoms with Crippen molar-refractivity contribution in [1.82, 2.24) is 19.6 Å². The second kappa shape index (κ2) is 8.33. The van der Waals surface area contributed by atoms with Crippen LogP contribution in [-0.2, 0) is 11.8 Å². The minimum Gasteiger partial charge on any atom is -0.294 e. The maximum atomic E-state index is 12.2. The molecule has 0 amide bonds. The van der Waals surface area contributed by atoms with Crippen molar-refractivity contribution in [3.05, 3.63) is 83.4 Å². The molecule has 2 aliphatic carbocycles. The number of benzene rings is 2. The molecule has 0 bridgehead atoms. The summed E-state index contributed by atoms with van der Waals surface area (Å²) in [5.41, 5.74) is 9.15. The third kappa shape index (κ3) is 3.74. The van der Waals surface area contributed by atoms with E-state index >= 15 is 0 Å². The van der Waals surface area contributed by atoms with Crippen molar-refractivity contribution in [2.45, 2.75) is 70.6 Å². The molecule has 0 aliphatic heterocycles. The summed E-state index contributed by atoms with van der Waals surface area (Å²) in [6.45, 7) is 6.29. The molecular formula is C30H32N4O. The number of nitrogens with zero attached hydrogens (tertiary/aromatic N) is 4. The van der Waals surface area contributed by atoms with Crippen LogP contribution in [0.25, 0.3) is 22.5 Å². The van der Waals surface area contributed by atoms with Crippen molar-refractivity contribution in [3.63, 3.8) is 0 Å². The minimum absolute atomic E-state index is 0.0869. The Balaban J connectivity index is 1.39. The first kappa shape index (κ1) is 22.0. The van der Waals surface area contributed by atoms with E-state index in [1.165, 1.54) is 30.5 Å². The van der Waals surface area contributed by atoms with Crippen LogP contribution in [0.3, 0.4) is 0 Å². The number of fused-ring (bicyclic) bond motifs is 1. The van der Waals surface area contributed by atoms with E-state index in [0.717, 1.165) is 53.0 Å². The van der Waals surface area contributed by atoms with E-state index < -0.39 is 0 Å². The van der Waals surface area contributed by atoms with Gasteiger partial charge in [-0.05, 0) is 80.0 Å². The monoisotopic (exact) mass is 464 g/mol. The van der Waals surface area contributed by atoms with Crippen molar-refractivity contribution in [1.29, 1.82) is 0 Å². The number of hydrogen-bond acceptors (Lipinski definition) is 3. The Kier molecular flexibility index (Phi) is 5.24. The maximum Gasteiger partial charge on any atom is 0.163 e. The standard InChI is InChI=1S/C30H32N4O/c1-4-14-30(3)15-13-24-18-31-34(29(24)30)26-10-6-8-23(17-26)22-7-5-9-25(16-22)33-28(21-11-12-21)27(19-32-33)20(2)35/h5-10,16-19,21H,4,11-15H2,1-3H3. The van der Waals surface area contributed by atoms with Crippen LogP contribution in [0.1, 0.15) is 86.1 Å². The Morgan fingerprint density at radius 2 is 1.66 bits per heavy atom. The molecule has 5 nitrogen and oxygen atoms in total. The molecule has 2 aromatic carbocycles. The summed E-state index contributed by atoms with van der Waals surface area (Å²) in [4.78, 5) is 12.2. The highest BCUT2D eigenvalue weighted by atomic mass is 16.1. The molecule has 5 heteroatoms. The highest BCUT2D eigenvalue weighted by molar-refractivity contribution is 5.95. The zero-order valence-electron chi connectivity index (χ0n) is 20.8. The molecule has 6 rings (SSSR count). The first-order chi connectivity index (χ1) is 17.0. The van der Waals surface area contributed by atoms with Gasteiger partial charge in [-0.2, -0.15) is 10.2 Å². The molecule has 0 spiro atoms. The SMILES string of the molecule is CCCC1(C)CCc2cnn(-c3cccc(-c4cccc(-n5ncc(C(C)=O)c5C5CC5)c4)c3)c21. The predicted octanol–water partition coefficient (Wildman–Crippen LogP) is 6.81. The van der Waals surface area contributed by atoms with Crippen LogP contribution in [0.4, 0.5) is 0 Å². The van der Waals surface area contributed by atoms with E-state index in [4.69, 9.17) is 5.10 Å². The van der Waals surface area contributed by atoms with Gasteiger partial charge in [-0.15, -0.1) is 0 Å². The van der Waals surface area contributed by atoms with Gasteiger partial charge in [0.2, 0.25) is 0 Å². The fourth-order valence-electron chi connectivity index (χ4n) is 5.95. The average molecular weight is 465 g/mol. The zero-order chi connectivity index (χ0) is 24.2. The van der Waals surface area contributed by atoms with Crippen molar-refractivity contribution in [3.8, 4) is 22.5 Å². The molecule has 2 aromatic heterocycles. The highest BCUT2D eigenvalue weighted by Gasteiger charge is 2.37. The van der Waals surface area contributed by atoms with E-state index in [1.54, 1.807) is 13.1 Å². The summed E-state index contributed by atoms with van der Waals surface area (Å²) >= 11 is 0. The number of aryl methyl sites for hydroxylation is 1. The van der Waals surface area contributed by atoms with Gasteiger partial charge in [0.05, 0.1) is 40.7 Å². The van der Waals surface area contributed by atoms with Crippen LogP contribution in [0.15, 0.2) is 60.9 Å². The Morgan fingerprint density at radius 3 is 2.29 bits per heavy atom. The van der Waals surface area contributed by atoms with Crippen LogP contribution in [-0.4, -0.2) is 25.3 Å². The molecule has 4 aromatic rings. The molecule has 0 saturated heterocycles. The third-order valence-corrected chi connectivity index (χ3v) is 7.83. The van der Waals surface area contributed by atoms with Crippen molar-refractivity contribution < 1.29 is 4.79 Å². The molecule has 0 radical (unpaired) electrons. The molecule has 1 atom stereocenters. The van der Waals surface area contributed by atoms with Gasteiger partial charge in [-0.25, -0.2) is 9.36 Å². The van der Waals surface area contributed by atoms with Gasteiger partial charge in [0, 0.05) is 11.3 Å². The molecule has 1 fully saturated rings. The second-order valence-corrected chi connectivity index (χ2v) is 10.5. The molecular weight excluding hydrogens is 432 g/mol. The number of hydrogen-bond donors (Lipinski definition) is 0. The van der Waals surface area contributed by atoms with Gasteiger partial charge in [0.25, 0.3) is 0 Å². The van der Waals surface area contributed by atoms with Crippen LogP contribution in [0.5, 0.6) is 0 Å². The zero-order valence-corrected chi connectivity index (χ0v) is 20.8. The lowest BCUT2D eigenvalue weighted by Gasteiger charge is -2.26. The number of carbonyl (C=O) groups is 1. The van der Waals surface area contributed by atoms with Crippen LogP contribution >= 0.6 is 0 Å². The first-order valence-corrected chi connectivity index (χ1v) is 12.9. The highest BCUT2D eigenvalue weighted by Crippen LogP contribution is 2.44. The molecule has 178 valence electrons. The van der Waals surface area contributed by atoms with Crippen LogP contribution in [0.2, 0.25) is 0 Å². The normalized spacial score (nSPS) is 19.2. The average Bonchev–Trinajstić information content (AvgIpc) is 3.31. The number of ketones is 1. The van der Waals surface area contributed by atoms with Gasteiger partial charge >= 0.3 is 0 Å². The summed E-state index contributed by atoms with van der Waals surface area (Å²) in [7, 11) is 0. The van der Waals surface area contributed by atoms with Gasteiger partial charge in [0.1, 0.15) is 0 Å². The fourth-order valence-corrected chi connectivity index (χ4v) is 5.95. The maximum absolute atomic E-state index is 12.2. The quantitative estimate of drug-likeness (QED) is 0.282. The largest absolute Gasteiger partial charge is 0.294 e. The number of rotatable bonds is 7. The van der Waals surface area contributed by atoms with Crippen LogP contribution < -0.4 is 0 Å². The van der Waals surface area contributed by atoms with Gasteiger partial charge < -0.3 is 0 Å². The molecule has 35 heavy (non-hydrogen) atoms. The molecule has 2 aliphatic rings. The molecule has 2 heterocycles. The number of aromatic nitrogens is 4. The van der Waals surface area contributed by atoms with Crippen molar-refractivity contribution >= 4 is 5.78 Å². The Bertz CT molecular complexity index is 1420. The second-order valence-electron chi connectivity index (χ2n) is 10.5. The summed E-state index contributed by atoms with van der Waals surface area (Å²) in [5, 5.41) is 9.43. The number of carbonyl (C=O) groups excluding carboxylic acids is 1. The summed E-state index contributed by atoms with van der Waals surface area (Å²) in [5.74, 6) is 0.520. The third-order valence-electron chi connectivity index (χ3n) is 7.83. The summed E-state index contributed by atoms with van der Waals surface area (Å²) < 4.78 is 4.14. The van der Waals surface area contributed by atoms with Crippen LogP contribution in [0, 0.1) is 0 Å². The summed E-state index contributed by atoms with van der Waals surface area (Å²) in [6, 6.07) is 17.1. The van der Waals surface area contributed by atoms with Gasteiger partial charge in [-0.1, -0.05) is 44.5 Å². The Labute approximate surface area is 206 Å². The fraction of sp³-hybridized carbons (Fsp3) is 0.367. The minimum atomic E-state index is 0.0869. The van der Waals surface area contributed by atoms with Crippen molar-refractivity contribution in [2.75, 3.05) is 0 Å². The molecule has 1 saturated carbocycles. The lowest BCUT2D eigenvalue weighted by Crippen LogP contribution is -2.22. The van der Waals surface area contributed by atoms with E-state index in [0.29, 0.717) is 5.92 Å². The summed E-state index contributed by atoms with van der Waals surface area (Å²) in [6.07, 6.45) is 10.7. The lowest BCUT2D eigenvalue weighted by molar-refractivity contribution is 0.101. The van der Waals surface area contributed by atoms with Crippen molar-refractivity contribution in [2.24, 2.45) is 0 Å². The van der Waals surface area contributed by atoms with E-state index in [9.17, 15) is 4.79 Å². The van der Waals surface area contributed by atoms with Gasteiger partial charge in [0.15, 0.2) is 5.78 Å². The van der Waals surface area contributed by atoms with Gasteiger partial charge in [-0.3, -0.25) is 4.79 Å². The topological polar surface area (TPSA) is 52.7 Å². The molecule has 0 N–H and O–H groups in total. The lowest BCUT2D eigenvalue weighted by atomic mass is 9.83. The smallest absolute Gasteiger partial charge is 0.163 e. The Morgan fingerprint density at radius 1 is 1.00 bits per heavy atom. The Hall–Kier alpha value is -3.47.